The minimum atomic E-state index is -0.715. The van der Waals surface area contributed by atoms with Gasteiger partial charge < -0.3 is 28.6 Å². The molecule has 32 heavy (non-hydrogen) atoms. The molecule has 1 aromatic carbocycles. The summed E-state index contributed by atoms with van der Waals surface area (Å²) in [5.74, 6) is 1.33. The Kier molecular flexibility index (Phi) is 6.04. The van der Waals surface area contributed by atoms with Crippen LogP contribution in [0.1, 0.15) is 30.9 Å². The van der Waals surface area contributed by atoms with Gasteiger partial charge in [0.15, 0.2) is 11.5 Å². The van der Waals surface area contributed by atoms with Crippen LogP contribution in [-0.4, -0.2) is 56.2 Å². The minimum absolute atomic E-state index is 0.0555. The van der Waals surface area contributed by atoms with Crippen LogP contribution in [0, 0.1) is 5.92 Å². The molecule has 1 amide bonds. The number of amides is 1. The van der Waals surface area contributed by atoms with Crippen LogP contribution in [0.25, 0.3) is 0 Å². The summed E-state index contributed by atoms with van der Waals surface area (Å²) in [5, 5.41) is 0. The third-order valence-corrected chi connectivity index (χ3v) is 6.85. The van der Waals surface area contributed by atoms with Crippen molar-refractivity contribution in [3.05, 3.63) is 48.6 Å². The second kappa shape index (κ2) is 8.76. The zero-order valence-electron chi connectivity index (χ0n) is 18.5. The topological polar surface area (TPSA) is 83.5 Å². The number of nitrogens with zero attached hydrogens (tertiary/aromatic N) is 1. The van der Waals surface area contributed by atoms with E-state index in [-0.39, 0.29) is 37.4 Å². The number of rotatable bonds is 6. The Morgan fingerprint density at radius 1 is 1.25 bits per heavy atom. The predicted molar refractivity (Wildman–Crippen MR) is 116 cm³/mol. The highest BCUT2D eigenvalue weighted by Crippen LogP contribution is 2.61. The molecule has 2 heterocycles. The minimum Gasteiger partial charge on any atom is -0.493 e. The predicted octanol–water partition coefficient (Wildman–Crippen LogP) is 3.97. The van der Waals surface area contributed by atoms with Crippen LogP contribution in [0.15, 0.2) is 37.4 Å². The summed E-state index contributed by atoms with van der Waals surface area (Å²) in [6.07, 6.45) is 2.55. The Balaban J connectivity index is 1.68. The fourth-order valence-corrected chi connectivity index (χ4v) is 5.39. The Bertz CT molecular complexity index is 929. The van der Waals surface area contributed by atoms with Crippen LogP contribution in [0.5, 0.6) is 11.5 Å². The van der Waals surface area contributed by atoms with Crippen LogP contribution in [0.3, 0.4) is 0 Å². The molecule has 1 spiro atoms. The number of methoxy groups -OCH3 is 1. The van der Waals surface area contributed by atoms with Gasteiger partial charge in [0, 0.05) is 36.4 Å². The molecule has 8 nitrogen and oxygen atoms in total. The second-order valence-corrected chi connectivity index (χ2v) is 8.35. The van der Waals surface area contributed by atoms with E-state index in [2.05, 4.69) is 20.1 Å². The van der Waals surface area contributed by atoms with Gasteiger partial charge in [-0.2, -0.15) is 0 Å². The molecule has 3 aliphatic rings. The monoisotopic (exact) mass is 443 g/mol. The van der Waals surface area contributed by atoms with Crippen molar-refractivity contribution in [2.45, 2.75) is 43.9 Å². The zero-order valence-corrected chi connectivity index (χ0v) is 18.5. The lowest BCUT2D eigenvalue weighted by molar-refractivity contribution is 0.0116. The van der Waals surface area contributed by atoms with E-state index >= 15 is 0 Å². The fourth-order valence-electron chi connectivity index (χ4n) is 5.39. The molecule has 0 aromatic heterocycles. The maximum atomic E-state index is 12.6. The van der Waals surface area contributed by atoms with Gasteiger partial charge in [0.05, 0.1) is 7.11 Å². The summed E-state index contributed by atoms with van der Waals surface area (Å²) in [5.41, 5.74) is 1.60. The van der Waals surface area contributed by atoms with Crippen molar-refractivity contribution < 1.29 is 33.3 Å². The first-order chi connectivity index (χ1) is 15.5. The first-order valence-electron chi connectivity index (χ1n) is 10.8. The summed E-state index contributed by atoms with van der Waals surface area (Å²) in [4.78, 5) is 26.5. The first kappa shape index (κ1) is 22.0. The normalized spacial score (nSPS) is 27.3. The molecule has 1 aliphatic carbocycles. The third kappa shape index (κ3) is 3.47. The maximum Gasteiger partial charge on any atom is 0.508 e. The van der Waals surface area contributed by atoms with E-state index in [0.717, 1.165) is 16.9 Å². The molecule has 172 valence electrons. The van der Waals surface area contributed by atoms with Gasteiger partial charge in [-0.25, -0.2) is 9.59 Å². The Hall–Kier alpha value is -3.16. The zero-order chi connectivity index (χ0) is 22.9. The van der Waals surface area contributed by atoms with Gasteiger partial charge in [0.2, 0.25) is 0 Å². The number of carbonyl (C=O) groups is 2. The van der Waals surface area contributed by atoms with Gasteiger partial charge in [-0.05, 0) is 18.1 Å². The van der Waals surface area contributed by atoms with Crippen LogP contribution >= 0.6 is 0 Å². The molecule has 4 atom stereocenters. The van der Waals surface area contributed by atoms with Crippen LogP contribution < -0.4 is 9.47 Å². The summed E-state index contributed by atoms with van der Waals surface area (Å²) in [7, 11) is 1.61. The Morgan fingerprint density at radius 3 is 2.72 bits per heavy atom. The van der Waals surface area contributed by atoms with Gasteiger partial charge >= 0.3 is 12.2 Å². The third-order valence-electron chi connectivity index (χ3n) is 6.85. The molecule has 1 unspecified atom stereocenters. The van der Waals surface area contributed by atoms with Crippen molar-refractivity contribution in [1.82, 2.24) is 4.90 Å². The molecule has 1 saturated carbocycles. The highest BCUT2D eigenvalue weighted by molar-refractivity contribution is 5.69. The molecule has 8 heteroatoms. The van der Waals surface area contributed by atoms with E-state index < -0.39 is 11.6 Å². The smallest absolute Gasteiger partial charge is 0.493 e. The summed E-state index contributed by atoms with van der Waals surface area (Å²) in [6.45, 7) is 10.4. The van der Waals surface area contributed by atoms with E-state index in [4.69, 9.17) is 23.7 Å². The molecule has 0 saturated heterocycles. The SMILES string of the molecule is C=CCOC(=O)O[C@@H]1C[C@@H]2Oc3c(OC)ccc4c3[C@]2(CCN(C(=O)OCC=C)C4)C1C. The van der Waals surface area contributed by atoms with E-state index in [1.54, 1.807) is 18.1 Å². The average molecular weight is 443 g/mol. The fraction of sp³-hybridized carbons (Fsp3) is 0.500. The number of ether oxygens (including phenoxy) is 5. The van der Waals surface area contributed by atoms with Crippen molar-refractivity contribution in [3.63, 3.8) is 0 Å². The van der Waals surface area contributed by atoms with Gasteiger partial charge in [0.25, 0.3) is 0 Å². The molecule has 2 aliphatic heterocycles. The van der Waals surface area contributed by atoms with Crippen molar-refractivity contribution in [3.8, 4) is 11.5 Å². The largest absolute Gasteiger partial charge is 0.508 e. The molecule has 0 radical (unpaired) electrons. The van der Waals surface area contributed by atoms with E-state index in [1.807, 2.05) is 12.1 Å². The van der Waals surface area contributed by atoms with E-state index in [9.17, 15) is 9.59 Å². The average Bonchev–Trinajstić information content (AvgIpc) is 3.16. The summed E-state index contributed by atoms with van der Waals surface area (Å²) < 4.78 is 28.0. The summed E-state index contributed by atoms with van der Waals surface area (Å²) in [6, 6.07) is 3.84. The highest BCUT2D eigenvalue weighted by atomic mass is 16.7. The van der Waals surface area contributed by atoms with Crippen LogP contribution in [0.2, 0.25) is 0 Å². The second-order valence-electron chi connectivity index (χ2n) is 8.35. The Morgan fingerprint density at radius 2 is 2.00 bits per heavy atom. The number of hydrogen-bond acceptors (Lipinski definition) is 7. The number of hydrogen-bond donors (Lipinski definition) is 0. The number of benzene rings is 1. The highest BCUT2D eigenvalue weighted by Gasteiger charge is 2.63. The molecule has 1 fully saturated rings. The molecule has 0 N–H and O–H groups in total. The maximum absolute atomic E-state index is 12.6. The van der Waals surface area contributed by atoms with E-state index in [0.29, 0.717) is 31.7 Å². The van der Waals surface area contributed by atoms with Crippen molar-refractivity contribution in [2.24, 2.45) is 5.92 Å². The quantitative estimate of drug-likeness (QED) is 0.486. The van der Waals surface area contributed by atoms with Crippen molar-refractivity contribution >= 4 is 12.2 Å². The van der Waals surface area contributed by atoms with Crippen LogP contribution in [0.4, 0.5) is 9.59 Å². The van der Waals surface area contributed by atoms with Crippen LogP contribution in [-0.2, 0) is 26.2 Å². The first-order valence-corrected chi connectivity index (χ1v) is 10.8. The Labute approximate surface area is 187 Å². The lowest BCUT2D eigenvalue weighted by Gasteiger charge is -2.33. The van der Waals surface area contributed by atoms with Gasteiger partial charge in [-0.3, -0.25) is 0 Å². The van der Waals surface area contributed by atoms with Gasteiger partial charge in [0.1, 0.15) is 25.4 Å². The molecular formula is C24H29NO7. The van der Waals surface area contributed by atoms with Crippen molar-refractivity contribution in [2.75, 3.05) is 26.9 Å². The molecular weight excluding hydrogens is 414 g/mol. The van der Waals surface area contributed by atoms with E-state index in [1.165, 1.54) is 6.08 Å². The van der Waals surface area contributed by atoms with Crippen molar-refractivity contribution in [1.29, 1.82) is 0 Å². The lowest BCUT2D eigenvalue weighted by atomic mass is 9.69. The van der Waals surface area contributed by atoms with Gasteiger partial charge in [-0.1, -0.05) is 38.3 Å². The molecule has 4 rings (SSSR count). The lowest BCUT2D eigenvalue weighted by Crippen LogP contribution is -2.41. The summed E-state index contributed by atoms with van der Waals surface area (Å²) >= 11 is 0. The molecule has 0 bridgehead atoms. The molecule has 1 aromatic rings. The number of carbonyl (C=O) groups excluding carboxylic acids is 2. The van der Waals surface area contributed by atoms with Gasteiger partial charge in [-0.15, -0.1) is 0 Å². The standard InChI is InChI=1S/C24H29NO7/c1-5-11-29-22(26)25-10-9-24-15(3)18(31-23(27)30-12-6-2)13-19(24)32-21-17(28-4)8-7-16(14-25)20(21)24/h5-8,15,18-19H,1-2,9-14H2,3-4H3/t15?,18-,19+,24-/m1/s1.